The summed E-state index contributed by atoms with van der Waals surface area (Å²) in [5.74, 6) is 0. The highest BCUT2D eigenvalue weighted by molar-refractivity contribution is 8.44. The fraction of sp³-hybridized carbons (Fsp3) is 0. The maximum Gasteiger partial charge on any atom is 0.319 e. The lowest BCUT2D eigenvalue weighted by atomic mass is 10.4. The Kier molecular flexibility index (Phi) is 3.79. The smallest absolute Gasteiger partial charge is 0.319 e. The number of hydrogen-bond donors (Lipinski definition) is 0. The largest absolute Gasteiger partial charge is 0.329 e. The molecule has 0 bridgehead atoms. The Balaban J connectivity index is 2.98. The van der Waals surface area contributed by atoms with Crippen molar-refractivity contribution in [2.45, 2.75) is 4.90 Å². The molecule has 0 spiro atoms. The zero-order chi connectivity index (χ0) is 10.4. The van der Waals surface area contributed by atoms with E-state index in [1.54, 1.807) is 30.3 Å². The molecular weight excluding hydrogens is 228 g/mol. The van der Waals surface area contributed by atoms with Crippen molar-refractivity contribution in [2.75, 3.05) is 0 Å². The molecule has 4 nitrogen and oxygen atoms in total. The van der Waals surface area contributed by atoms with Crippen molar-refractivity contribution in [2.24, 2.45) is 0 Å². The van der Waals surface area contributed by atoms with Gasteiger partial charge in [0.05, 0.1) is 15.6 Å². The van der Waals surface area contributed by atoms with Crippen molar-refractivity contribution >= 4 is 33.4 Å². The van der Waals surface area contributed by atoms with E-state index in [-0.39, 0.29) is 12.9 Å². The molecule has 0 heterocycles. The summed E-state index contributed by atoms with van der Waals surface area (Å²) < 4.78 is 9.14. The predicted octanol–water partition coefficient (Wildman–Crippen LogP) is 2.18. The van der Waals surface area contributed by atoms with Crippen LogP contribution in [0.2, 0.25) is 0 Å². The van der Waals surface area contributed by atoms with Gasteiger partial charge < -0.3 is 8.37 Å². The first-order valence-electron chi connectivity index (χ1n) is 3.55. The van der Waals surface area contributed by atoms with E-state index >= 15 is 0 Å². The lowest BCUT2D eigenvalue weighted by Crippen LogP contribution is -2.01. The van der Waals surface area contributed by atoms with Crippen LogP contribution >= 0.6 is 20.5 Å². The minimum Gasteiger partial charge on any atom is -0.329 e. The molecular formula is C8H7ClO4S. The highest BCUT2D eigenvalue weighted by atomic mass is 35.7. The highest BCUT2D eigenvalue weighted by Gasteiger charge is 2.22. The van der Waals surface area contributed by atoms with Crippen LogP contribution in [0.4, 0.5) is 0 Å². The van der Waals surface area contributed by atoms with Gasteiger partial charge in [0.2, 0.25) is 0 Å². The first-order valence-corrected chi connectivity index (χ1v) is 5.85. The fourth-order valence-electron chi connectivity index (χ4n) is 0.818. The summed E-state index contributed by atoms with van der Waals surface area (Å²) in [5.41, 5.74) is 0. The van der Waals surface area contributed by atoms with Crippen LogP contribution in [0.5, 0.6) is 0 Å². The molecule has 0 saturated carbocycles. The maximum absolute atomic E-state index is 10.2. The number of carbonyl (C=O) groups excluding carboxylic acids is 2. The summed E-state index contributed by atoms with van der Waals surface area (Å²) >= 11 is 0. The number of benzene rings is 1. The predicted molar refractivity (Wildman–Crippen MR) is 52.5 cm³/mol. The third kappa shape index (κ3) is 2.40. The number of hydrogen-bond acceptors (Lipinski definition) is 4. The number of rotatable bonds is 5. The minimum absolute atomic E-state index is 0.152. The van der Waals surface area contributed by atoms with Crippen molar-refractivity contribution in [3.63, 3.8) is 0 Å². The van der Waals surface area contributed by atoms with Crippen LogP contribution in [0.1, 0.15) is 0 Å². The summed E-state index contributed by atoms with van der Waals surface area (Å²) in [6, 6.07) is 8.37. The van der Waals surface area contributed by atoms with Gasteiger partial charge in [-0.2, -0.15) is 0 Å². The Morgan fingerprint density at radius 2 is 1.57 bits per heavy atom. The molecule has 0 unspecified atom stereocenters. The van der Waals surface area contributed by atoms with Gasteiger partial charge in [0.25, 0.3) is 0 Å². The zero-order valence-corrected chi connectivity index (χ0v) is 8.53. The summed E-state index contributed by atoms with van der Waals surface area (Å²) in [6.45, 7) is 0.303. The average molecular weight is 235 g/mol. The Bertz CT molecular complexity index is 306. The molecule has 0 N–H and O–H groups in total. The van der Waals surface area contributed by atoms with Crippen LogP contribution < -0.4 is 0 Å². The molecule has 1 rings (SSSR count). The van der Waals surface area contributed by atoms with Crippen molar-refractivity contribution < 1.29 is 18.0 Å². The molecule has 0 aliphatic carbocycles. The zero-order valence-electron chi connectivity index (χ0n) is 6.96. The van der Waals surface area contributed by atoms with E-state index in [1.165, 1.54) is 0 Å². The van der Waals surface area contributed by atoms with Crippen molar-refractivity contribution in [1.29, 1.82) is 0 Å². The molecule has 0 saturated heterocycles. The third-order valence-corrected chi connectivity index (χ3v) is 3.81. The van der Waals surface area contributed by atoms with E-state index < -0.39 is 9.80 Å². The maximum atomic E-state index is 10.2. The molecule has 0 amide bonds. The Hall–Kier alpha value is -1.20. The molecule has 14 heavy (non-hydrogen) atoms. The monoisotopic (exact) mass is 234 g/mol. The van der Waals surface area contributed by atoms with Crippen LogP contribution in [0, 0.1) is 0 Å². The Morgan fingerprint density at radius 3 is 2.00 bits per heavy atom. The van der Waals surface area contributed by atoms with Crippen molar-refractivity contribution in [3.05, 3.63) is 30.3 Å². The Morgan fingerprint density at radius 1 is 1.07 bits per heavy atom. The summed E-state index contributed by atoms with van der Waals surface area (Å²) in [7, 11) is 3.06. The van der Waals surface area contributed by atoms with Gasteiger partial charge in [0, 0.05) is 9.80 Å². The molecule has 0 aliphatic heterocycles. The molecule has 0 aromatic heterocycles. The van der Waals surface area contributed by atoms with E-state index in [0.717, 1.165) is 0 Å². The van der Waals surface area contributed by atoms with Crippen LogP contribution in [-0.2, 0) is 18.0 Å². The number of carbonyl (C=O) groups is 2. The first-order chi connectivity index (χ1) is 6.73. The summed E-state index contributed by atoms with van der Waals surface area (Å²) in [6.07, 6.45) is 0. The molecule has 0 radical (unpaired) electrons. The molecule has 0 aliphatic rings. The van der Waals surface area contributed by atoms with E-state index in [4.69, 9.17) is 10.7 Å². The highest BCUT2D eigenvalue weighted by Crippen LogP contribution is 2.61. The van der Waals surface area contributed by atoms with Crippen LogP contribution in [0.25, 0.3) is 0 Å². The van der Waals surface area contributed by atoms with Gasteiger partial charge in [-0.3, -0.25) is 9.59 Å². The minimum atomic E-state index is -2.78. The normalized spacial score (nSPS) is 11.5. The van der Waals surface area contributed by atoms with Crippen LogP contribution in [0.3, 0.4) is 0 Å². The first kappa shape index (κ1) is 10.9. The van der Waals surface area contributed by atoms with Gasteiger partial charge >= 0.3 is 12.9 Å². The molecule has 6 heteroatoms. The third-order valence-electron chi connectivity index (χ3n) is 1.35. The van der Waals surface area contributed by atoms with Gasteiger partial charge in [-0.05, 0) is 12.1 Å². The van der Waals surface area contributed by atoms with Gasteiger partial charge in [-0.15, -0.1) is 0 Å². The van der Waals surface area contributed by atoms with Crippen LogP contribution in [-0.4, -0.2) is 12.9 Å². The second-order valence-corrected chi connectivity index (χ2v) is 5.09. The number of halogens is 1. The lowest BCUT2D eigenvalue weighted by molar-refractivity contribution is -0.122. The standard InChI is InChI=1S/C8H7ClO4S/c9-14(12-6-10,13-7-11)8-4-2-1-3-5-8/h1-7H. The summed E-state index contributed by atoms with van der Waals surface area (Å²) in [5, 5.41) is 0. The van der Waals surface area contributed by atoms with E-state index in [0.29, 0.717) is 4.90 Å². The van der Waals surface area contributed by atoms with E-state index in [2.05, 4.69) is 8.37 Å². The Labute approximate surface area is 87.0 Å². The van der Waals surface area contributed by atoms with E-state index in [9.17, 15) is 9.59 Å². The van der Waals surface area contributed by atoms with Gasteiger partial charge in [0.1, 0.15) is 0 Å². The lowest BCUT2D eigenvalue weighted by Gasteiger charge is -2.30. The topological polar surface area (TPSA) is 52.6 Å². The molecule has 1 aromatic carbocycles. The molecule has 1 aromatic rings. The molecule has 0 fully saturated rings. The quantitative estimate of drug-likeness (QED) is 0.733. The van der Waals surface area contributed by atoms with Gasteiger partial charge in [0.15, 0.2) is 0 Å². The second kappa shape index (κ2) is 4.88. The van der Waals surface area contributed by atoms with Crippen LogP contribution in [0.15, 0.2) is 35.2 Å². The van der Waals surface area contributed by atoms with Crippen molar-refractivity contribution in [3.8, 4) is 0 Å². The van der Waals surface area contributed by atoms with Gasteiger partial charge in [-0.25, -0.2) is 0 Å². The molecule has 76 valence electrons. The van der Waals surface area contributed by atoms with Gasteiger partial charge in [-0.1, -0.05) is 18.2 Å². The molecule has 0 atom stereocenters. The van der Waals surface area contributed by atoms with Crippen molar-refractivity contribution in [1.82, 2.24) is 0 Å². The fourth-order valence-corrected chi connectivity index (χ4v) is 2.26. The second-order valence-electron chi connectivity index (χ2n) is 2.14. The SMILES string of the molecule is O=COS(Cl)(OC=O)c1ccccc1. The average Bonchev–Trinajstić information content (AvgIpc) is 2.20. The van der Waals surface area contributed by atoms with E-state index in [1.807, 2.05) is 0 Å². The summed E-state index contributed by atoms with van der Waals surface area (Å²) in [4.78, 5) is 20.8.